The molecule has 1 N–H and O–H groups in total. The van der Waals surface area contributed by atoms with Crippen molar-refractivity contribution < 1.29 is 19.4 Å². The normalized spacial score (nSPS) is 9.71. The number of ether oxygens (including phenoxy) is 1. The van der Waals surface area contributed by atoms with E-state index >= 15 is 0 Å². The maximum atomic E-state index is 11.4. The highest BCUT2D eigenvalue weighted by Crippen LogP contribution is 2.20. The minimum Gasteiger partial charge on any atom is -0.481 e. The predicted molar refractivity (Wildman–Crippen MR) is 63.4 cm³/mol. The zero-order valence-corrected chi connectivity index (χ0v) is 10.1. The van der Waals surface area contributed by atoms with Crippen molar-refractivity contribution in [2.45, 2.75) is 6.42 Å². The van der Waals surface area contributed by atoms with E-state index in [0.717, 1.165) is 0 Å². The molecule has 92 valence electrons. The molecule has 0 aliphatic carbocycles. The lowest BCUT2D eigenvalue weighted by molar-refractivity contribution is -0.136. The number of amides is 1. The number of nitrogens with zero attached hydrogens (tertiary/aromatic N) is 2. The maximum Gasteiger partial charge on any atom is 0.416 e. The quantitative estimate of drug-likeness (QED) is 0.808. The number of carbonyl (C=O) groups excluding carboxylic acids is 1. The molecule has 7 heteroatoms. The van der Waals surface area contributed by atoms with Crippen LogP contribution in [0.1, 0.15) is 5.69 Å². The van der Waals surface area contributed by atoms with E-state index in [1.54, 1.807) is 5.38 Å². The Kier molecular flexibility index (Phi) is 4.65. The molecule has 0 saturated heterocycles. The van der Waals surface area contributed by atoms with Gasteiger partial charge in [-0.05, 0) is 0 Å². The highest BCUT2D eigenvalue weighted by Gasteiger charge is 2.16. The fraction of sp³-hybridized carbons (Fsp3) is 0.300. The Labute approximate surface area is 102 Å². The van der Waals surface area contributed by atoms with E-state index in [0.29, 0.717) is 10.8 Å². The van der Waals surface area contributed by atoms with Gasteiger partial charge in [0.05, 0.1) is 12.1 Å². The van der Waals surface area contributed by atoms with Gasteiger partial charge in [0.1, 0.15) is 6.61 Å². The smallest absolute Gasteiger partial charge is 0.416 e. The fourth-order valence-corrected chi connectivity index (χ4v) is 1.77. The Hall–Kier alpha value is -1.89. The molecule has 1 amide bonds. The molecule has 1 heterocycles. The molecule has 0 unspecified atom stereocenters. The standard InChI is InChI=1S/C10H12N2O4S/c1-3-4-16-10(15)12(2)9-11-7(6-17-9)5-8(13)14/h3,6H,1,4-5H2,2H3,(H,13,14). The second-order valence-corrected chi connectivity index (χ2v) is 3.95. The first-order valence-electron chi connectivity index (χ1n) is 4.72. The Morgan fingerprint density at radius 1 is 1.71 bits per heavy atom. The maximum absolute atomic E-state index is 11.4. The topological polar surface area (TPSA) is 79.7 Å². The second-order valence-electron chi connectivity index (χ2n) is 3.12. The van der Waals surface area contributed by atoms with E-state index < -0.39 is 12.1 Å². The average molecular weight is 256 g/mol. The third kappa shape index (κ3) is 3.87. The highest BCUT2D eigenvalue weighted by atomic mass is 32.1. The van der Waals surface area contributed by atoms with Crippen LogP contribution in [-0.4, -0.2) is 35.8 Å². The average Bonchev–Trinajstić information content (AvgIpc) is 2.72. The lowest BCUT2D eigenvalue weighted by Crippen LogP contribution is -2.27. The summed E-state index contributed by atoms with van der Waals surface area (Å²) in [7, 11) is 1.51. The summed E-state index contributed by atoms with van der Waals surface area (Å²) in [5.41, 5.74) is 0.417. The molecule has 1 rings (SSSR count). The zero-order chi connectivity index (χ0) is 12.8. The number of rotatable bonds is 5. The van der Waals surface area contributed by atoms with Crippen molar-refractivity contribution in [3.63, 3.8) is 0 Å². The first-order chi connectivity index (χ1) is 8.04. The van der Waals surface area contributed by atoms with Crippen molar-refractivity contribution >= 4 is 28.5 Å². The van der Waals surface area contributed by atoms with Crippen LogP contribution in [0.5, 0.6) is 0 Å². The molecule has 0 aliphatic rings. The van der Waals surface area contributed by atoms with Gasteiger partial charge in [-0.25, -0.2) is 9.78 Å². The lowest BCUT2D eigenvalue weighted by atomic mass is 10.3. The second kappa shape index (κ2) is 6.00. The van der Waals surface area contributed by atoms with Crippen molar-refractivity contribution in [1.29, 1.82) is 0 Å². The molecule has 0 atom stereocenters. The van der Waals surface area contributed by atoms with E-state index in [-0.39, 0.29) is 13.0 Å². The number of carboxylic acid groups (broad SMARTS) is 1. The molecule has 0 spiro atoms. The number of aliphatic carboxylic acids is 1. The number of aromatic nitrogens is 1. The SMILES string of the molecule is C=CCOC(=O)N(C)c1nc(CC(=O)O)cs1. The molecular weight excluding hydrogens is 244 g/mol. The number of carboxylic acids is 1. The van der Waals surface area contributed by atoms with E-state index in [1.165, 1.54) is 29.4 Å². The third-order valence-corrected chi connectivity index (χ3v) is 2.72. The first kappa shape index (κ1) is 13.2. The lowest BCUT2D eigenvalue weighted by Gasteiger charge is -2.12. The van der Waals surface area contributed by atoms with E-state index in [2.05, 4.69) is 11.6 Å². The molecule has 1 aromatic rings. The molecule has 0 fully saturated rings. The Balaban J connectivity index is 2.65. The van der Waals surface area contributed by atoms with Crippen LogP contribution in [-0.2, 0) is 16.0 Å². The van der Waals surface area contributed by atoms with Crippen LogP contribution < -0.4 is 4.90 Å². The summed E-state index contributed by atoms with van der Waals surface area (Å²) in [6, 6.07) is 0. The molecule has 0 saturated carbocycles. The van der Waals surface area contributed by atoms with Crippen LogP contribution in [0, 0.1) is 0 Å². The number of hydrogen-bond acceptors (Lipinski definition) is 5. The Morgan fingerprint density at radius 3 is 3.00 bits per heavy atom. The minimum absolute atomic E-state index is 0.122. The number of thiazole rings is 1. The summed E-state index contributed by atoms with van der Waals surface area (Å²) in [5.74, 6) is -0.960. The first-order valence-corrected chi connectivity index (χ1v) is 5.60. The molecule has 1 aromatic heterocycles. The van der Waals surface area contributed by atoms with Crippen LogP contribution in [0.15, 0.2) is 18.0 Å². The summed E-state index contributed by atoms with van der Waals surface area (Å²) in [6.45, 7) is 3.55. The van der Waals surface area contributed by atoms with Gasteiger partial charge in [0.25, 0.3) is 0 Å². The third-order valence-electron chi connectivity index (χ3n) is 1.76. The minimum atomic E-state index is -0.960. The Morgan fingerprint density at radius 2 is 2.41 bits per heavy atom. The van der Waals surface area contributed by atoms with Crippen LogP contribution >= 0.6 is 11.3 Å². The molecule has 6 nitrogen and oxygen atoms in total. The van der Waals surface area contributed by atoms with Gasteiger partial charge in [0, 0.05) is 12.4 Å². The predicted octanol–water partition coefficient (Wildman–Crippen LogP) is 1.53. The van der Waals surface area contributed by atoms with Crippen LogP contribution in [0.2, 0.25) is 0 Å². The summed E-state index contributed by atoms with van der Waals surface area (Å²) < 4.78 is 4.82. The van der Waals surface area contributed by atoms with Gasteiger partial charge in [-0.15, -0.1) is 11.3 Å². The van der Waals surface area contributed by atoms with E-state index in [4.69, 9.17) is 9.84 Å². The van der Waals surface area contributed by atoms with Crippen molar-refractivity contribution in [3.8, 4) is 0 Å². The highest BCUT2D eigenvalue weighted by molar-refractivity contribution is 7.14. The van der Waals surface area contributed by atoms with E-state index in [9.17, 15) is 9.59 Å². The summed E-state index contributed by atoms with van der Waals surface area (Å²) >= 11 is 1.19. The molecular formula is C10H12N2O4S. The van der Waals surface area contributed by atoms with Gasteiger partial charge in [-0.3, -0.25) is 9.69 Å². The van der Waals surface area contributed by atoms with Gasteiger partial charge < -0.3 is 9.84 Å². The van der Waals surface area contributed by atoms with Gasteiger partial charge in [-0.1, -0.05) is 12.7 Å². The van der Waals surface area contributed by atoms with Gasteiger partial charge in [-0.2, -0.15) is 0 Å². The van der Waals surface area contributed by atoms with Gasteiger partial charge >= 0.3 is 12.1 Å². The summed E-state index contributed by atoms with van der Waals surface area (Å²) in [5, 5.41) is 10.6. The van der Waals surface area contributed by atoms with Crippen LogP contribution in [0.4, 0.5) is 9.93 Å². The van der Waals surface area contributed by atoms with E-state index in [1.807, 2.05) is 0 Å². The molecule has 17 heavy (non-hydrogen) atoms. The van der Waals surface area contributed by atoms with Crippen LogP contribution in [0.3, 0.4) is 0 Å². The van der Waals surface area contributed by atoms with Crippen molar-refractivity contribution in [3.05, 3.63) is 23.7 Å². The molecule has 0 aromatic carbocycles. The number of carbonyl (C=O) groups is 2. The molecule has 0 bridgehead atoms. The summed E-state index contributed by atoms with van der Waals surface area (Å²) in [6.07, 6.45) is 0.747. The van der Waals surface area contributed by atoms with Crippen molar-refractivity contribution in [2.75, 3.05) is 18.6 Å². The Bertz CT molecular complexity index is 430. The zero-order valence-electron chi connectivity index (χ0n) is 9.25. The number of hydrogen-bond donors (Lipinski definition) is 1. The molecule has 0 radical (unpaired) electrons. The monoisotopic (exact) mass is 256 g/mol. The summed E-state index contributed by atoms with van der Waals surface area (Å²) in [4.78, 5) is 27.1. The number of anilines is 1. The van der Waals surface area contributed by atoms with Gasteiger partial charge in [0.15, 0.2) is 5.13 Å². The van der Waals surface area contributed by atoms with Gasteiger partial charge in [0.2, 0.25) is 0 Å². The largest absolute Gasteiger partial charge is 0.481 e. The molecule has 0 aliphatic heterocycles. The fourth-order valence-electron chi connectivity index (χ4n) is 0.992. The van der Waals surface area contributed by atoms with Crippen LogP contribution in [0.25, 0.3) is 0 Å². The van der Waals surface area contributed by atoms with Crippen molar-refractivity contribution in [2.24, 2.45) is 0 Å². The van der Waals surface area contributed by atoms with Crippen molar-refractivity contribution in [1.82, 2.24) is 4.98 Å².